The van der Waals surface area contributed by atoms with Crippen LogP contribution >= 0.6 is 0 Å². The summed E-state index contributed by atoms with van der Waals surface area (Å²) in [6, 6.07) is 7.47. The van der Waals surface area contributed by atoms with E-state index in [1.165, 1.54) is 17.6 Å². The van der Waals surface area contributed by atoms with Crippen molar-refractivity contribution in [2.75, 3.05) is 20.3 Å². The molecule has 7 nitrogen and oxygen atoms in total. The molecule has 1 aliphatic heterocycles. The number of terminal acetylenes is 1. The Balaban J connectivity index is 2.02. The first-order valence-corrected chi connectivity index (χ1v) is 12.6. The van der Waals surface area contributed by atoms with Crippen LogP contribution in [0, 0.1) is 30.6 Å². The fraction of sp³-hybridized carbons (Fsp3) is 0.462. The molecule has 1 aromatic heterocycles. The van der Waals surface area contributed by atoms with Crippen molar-refractivity contribution >= 4 is 16.0 Å². The van der Waals surface area contributed by atoms with E-state index in [-0.39, 0.29) is 24.0 Å². The van der Waals surface area contributed by atoms with Crippen LogP contribution in [0.3, 0.4) is 0 Å². The predicted octanol–water partition coefficient (Wildman–Crippen LogP) is 3.66. The maximum absolute atomic E-state index is 13.5. The Labute approximate surface area is 202 Å². The van der Waals surface area contributed by atoms with Gasteiger partial charge in [-0.1, -0.05) is 31.0 Å². The first-order chi connectivity index (χ1) is 16.0. The molecule has 2 aromatic rings. The van der Waals surface area contributed by atoms with Crippen molar-refractivity contribution in [2.45, 2.75) is 51.7 Å². The smallest absolute Gasteiger partial charge is 0.314 e. The number of sulfonamides is 1. The monoisotopic (exact) mass is 484 g/mol. The third kappa shape index (κ3) is 5.17. The number of nitrogens with zero attached hydrogens (tertiary/aromatic N) is 2. The summed E-state index contributed by atoms with van der Waals surface area (Å²) in [5, 5.41) is 0. The van der Waals surface area contributed by atoms with E-state index < -0.39 is 27.5 Å². The van der Waals surface area contributed by atoms with E-state index in [0.717, 1.165) is 22.3 Å². The second-order valence-corrected chi connectivity index (χ2v) is 11.3. The molecule has 0 radical (unpaired) electrons. The van der Waals surface area contributed by atoms with Gasteiger partial charge in [0.1, 0.15) is 11.5 Å². The largest absolute Gasteiger partial charge is 0.469 e. The van der Waals surface area contributed by atoms with Gasteiger partial charge in [0.2, 0.25) is 10.0 Å². The van der Waals surface area contributed by atoms with Crippen LogP contribution in [0.1, 0.15) is 49.1 Å². The van der Waals surface area contributed by atoms with Gasteiger partial charge in [0, 0.05) is 25.5 Å². The van der Waals surface area contributed by atoms with Gasteiger partial charge in [-0.15, -0.1) is 6.42 Å². The number of hydrogen-bond acceptors (Lipinski definition) is 6. The Morgan fingerprint density at radius 2 is 2.09 bits per heavy atom. The van der Waals surface area contributed by atoms with Crippen LogP contribution in [-0.2, 0) is 37.3 Å². The molecule has 0 saturated carbocycles. The van der Waals surface area contributed by atoms with Crippen LogP contribution in [0.2, 0.25) is 0 Å². The molecule has 1 aliphatic rings. The summed E-state index contributed by atoms with van der Waals surface area (Å²) >= 11 is 0. The normalized spacial score (nSPS) is 18.9. The Morgan fingerprint density at radius 1 is 1.35 bits per heavy atom. The van der Waals surface area contributed by atoms with Gasteiger partial charge in [-0.3, -0.25) is 9.78 Å². The first-order valence-electron chi connectivity index (χ1n) is 11.2. The molecule has 2 heterocycles. The molecule has 2 atom stereocenters. The molecular weight excluding hydrogens is 452 g/mol. The average molecular weight is 485 g/mol. The van der Waals surface area contributed by atoms with Gasteiger partial charge in [0.15, 0.2) is 0 Å². The third-order valence-corrected chi connectivity index (χ3v) is 8.18. The molecule has 3 rings (SSSR count). The van der Waals surface area contributed by atoms with Crippen molar-refractivity contribution in [3.63, 3.8) is 0 Å². The van der Waals surface area contributed by atoms with Crippen molar-refractivity contribution in [1.29, 1.82) is 0 Å². The number of benzene rings is 1. The van der Waals surface area contributed by atoms with Crippen LogP contribution in [0.15, 0.2) is 41.6 Å². The number of aryl methyl sites for hydroxylation is 1. The van der Waals surface area contributed by atoms with Gasteiger partial charge in [-0.05, 0) is 61.4 Å². The molecule has 0 bridgehead atoms. The molecule has 1 unspecified atom stereocenters. The number of ether oxygens (including phenoxy) is 2. The van der Waals surface area contributed by atoms with Gasteiger partial charge >= 0.3 is 5.97 Å². The number of aromatic nitrogens is 1. The Bertz CT molecular complexity index is 1200. The van der Waals surface area contributed by atoms with E-state index >= 15 is 0 Å². The highest BCUT2D eigenvalue weighted by Crippen LogP contribution is 2.39. The number of carbonyl (C=O) groups is 1. The third-order valence-electron chi connectivity index (χ3n) is 6.29. The summed E-state index contributed by atoms with van der Waals surface area (Å²) in [7, 11) is -2.39. The van der Waals surface area contributed by atoms with Gasteiger partial charge in [-0.25, -0.2) is 8.42 Å². The van der Waals surface area contributed by atoms with Crippen molar-refractivity contribution in [3.05, 3.63) is 58.9 Å². The molecule has 0 amide bonds. The van der Waals surface area contributed by atoms with Gasteiger partial charge in [0.05, 0.1) is 18.6 Å². The minimum absolute atomic E-state index is 0.0239. The number of fused-ring (bicyclic) bond motifs is 1. The number of esters is 1. The zero-order valence-corrected chi connectivity index (χ0v) is 21.2. The van der Waals surface area contributed by atoms with Crippen molar-refractivity contribution in [1.82, 2.24) is 9.29 Å². The minimum Gasteiger partial charge on any atom is -0.469 e. The molecule has 0 aliphatic carbocycles. The van der Waals surface area contributed by atoms with Crippen molar-refractivity contribution in [3.8, 4) is 12.3 Å². The summed E-state index contributed by atoms with van der Waals surface area (Å²) in [4.78, 5) is 16.8. The predicted molar refractivity (Wildman–Crippen MR) is 129 cm³/mol. The Morgan fingerprint density at radius 3 is 2.76 bits per heavy atom. The zero-order chi connectivity index (χ0) is 25.1. The number of carbonyl (C=O) groups excluding carboxylic acids is 1. The van der Waals surface area contributed by atoms with Gasteiger partial charge < -0.3 is 9.47 Å². The molecule has 0 saturated heterocycles. The quantitative estimate of drug-likeness (QED) is 0.440. The maximum atomic E-state index is 13.5. The molecule has 0 N–H and O–H groups in total. The SMILES string of the molecule is C#CCOC(c1ccc(C)c(CN2C[C@@H](C)Cc3ccncc3S2(=O)=O)c1)C(C)(C)C(=O)OC. The topological polar surface area (TPSA) is 85.8 Å². The summed E-state index contributed by atoms with van der Waals surface area (Å²) in [5.74, 6) is 2.17. The van der Waals surface area contributed by atoms with E-state index in [4.69, 9.17) is 15.9 Å². The lowest BCUT2D eigenvalue weighted by Crippen LogP contribution is -2.35. The van der Waals surface area contributed by atoms with Crippen LogP contribution in [0.4, 0.5) is 0 Å². The number of rotatable bonds is 7. The lowest BCUT2D eigenvalue weighted by molar-refractivity contribution is -0.160. The van der Waals surface area contributed by atoms with E-state index in [2.05, 4.69) is 10.9 Å². The average Bonchev–Trinajstić information content (AvgIpc) is 2.88. The number of pyridine rings is 1. The van der Waals surface area contributed by atoms with Crippen LogP contribution < -0.4 is 0 Å². The van der Waals surface area contributed by atoms with Crippen LogP contribution in [0.25, 0.3) is 0 Å². The second-order valence-electron chi connectivity index (χ2n) is 9.38. The maximum Gasteiger partial charge on any atom is 0.314 e. The van der Waals surface area contributed by atoms with E-state index in [1.54, 1.807) is 26.1 Å². The lowest BCUT2D eigenvalue weighted by Gasteiger charge is -2.32. The van der Waals surface area contributed by atoms with Crippen LogP contribution in [0.5, 0.6) is 0 Å². The highest BCUT2D eigenvalue weighted by molar-refractivity contribution is 7.89. The molecule has 34 heavy (non-hydrogen) atoms. The highest BCUT2D eigenvalue weighted by Gasteiger charge is 2.40. The molecule has 0 spiro atoms. The van der Waals surface area contributed by atoms with E-state index in [0.29, 0.717) is 13.0 Å². The molecule has 0 fully saturated rings. The lowest BCUT2D eigenvalue weighted by atomic mass is 9.81. The van der Waals surface area contributed by atoms with Crippen molar-refractivity contribution in [2.24, 2.45) is 11.3 Å². The molecule has 182 valence electrons. The van der Waals surface area contributed by atoms with E-state index in [1.807, 2.05) is 32.0 Å². The summed E-state index contributed by atoms with van der Waals surface area (Å²) in [5.41, 5.74) is 2.28. The summed E-state index contributed by atoms with van der Waals surface area (Å²) in [6.07, 6.45) is 8.47. The fourth-order valence-electron chi connectivity index (χ4n) is 4.42. The highest BCUT2D eigenvalue weighted by atomic mass is 32.2. The van der Waals surface area contributed by atoms with Gasteiger partial charge in [-0.2, -0.15) is 4.31 Å². The van der Waals surface area contributed by atoms with E-state index in [9.17, 15) is 13.2 Å². The Kier molecular flexibility index (Phi) is 7.81. The summed E-state index contributed by atoms with van der Waals surface area (Å²) < 4.78 is 39.4. The molecular formula is C26H32N2O5S. The minimum atomic E-state index is -3.72. The first kappa shape index (κ1) is 25.9. The summed E-state index contributed by atoms with van der Waals surface area (Å²) in [6.45, 7) is 8.08. The Hall–Kier alpha value is -2.73. The second kappa shape index (κ2) is 10.3. The fourth-order valence-corrected chi connectivity index (χ4v) is 6.14. The molecule has 8 heteroatoms. The number of methoxy groups -OCH3 is 1. The standard InChI is InChI=1S/C26H32N2O5S/c1-7-12-33-24(26(4,5)25(29)32-6)21-9-8-19(3)22(14-21)17-28-16-18(2)13-20-10-11-27-15-23(20)34(28,30)31/h1,8-11,14-15,18,24H,12-13,16-17H2,2-6H3/t18-,24?/m0/s1. The van der Waals surface area contributed by atoms with Crippen molar-refractivity contribution < 1.29 is 22.7 Å². The van der Waals surface area contributed by atoms with Gasteiger partial charge in [0.25, 0.3) is 0 Å². The number of hydrogen-bond donors (Lipinski definition) is 0. The zero-order valence-electron chi connectivity index (χ0n) is 20.4. The van der Waals surface area contributed by atoms with Crippen LogP contribution in [-0.4, -0.2) is 43.9 Å². The molecule has 1 aromatic carbocycles.